The predicted molar refractivity (Wildman–Crippen MR) is 46.8 cm³/mol. The molecule has 13 heavy (non-hydrogen) atoms. The van der Waals surface area contributed by atoms with Gasteiger partial charge in [-0.05, 0) is 0 Å². The Kier molecular flexibility index (Phi) is 2.80. The standard InChI is InChI=1S/C6H7N3O3S/c7-3(10)1-8-5-4(6(11)12)9-2-13-5/h2,8H,1H2,(H2,7,10)(H,11,12). The van der Waals surface area contributed by atoms with Crippen molar-refractivity contribution in [1.82, 2.24) is 4.98 Å². The molecular weight excluding hydrogens is 194 g/mol. The van der Waals surface area contributed by atoms with Gasteiger partial charge in [0, 0.05) is 0 Å². The fraction of sp³-hybridized carbons (Fsp3) is 0.167. The van der Waals surface area contributed by atoms with Crippen LogP contribution >= 0.6 is 11.3 Å². The van der Waals surface area contributed by atoms with Gasteiger partial charge in [0.15, 0.2) is 5.69 Å². The third-order valence-corrected chi connectivity index (χ3v) is 1.98. The molecular formula is C6H7N3O3S. The van der Waals surface area contributed by atoms with Crippen LogP contribution in [-0.4, -0.2) is 28.5 Å². The Bertz CT molecular complexity index is 336. The van der Waals surface area contributed by atoms with E-state index in [1.165, 1.54) is 5.51 Å². The second-order valence-electron chi connectivity index (χ2n) is 2.16. The minimum atomic E-state index is -1.13. The normalized spacial score (nSPS) is 9.54. The van der Waals surface area contributed by atoms with Crippen molar-refractivity contribution in [3.63, 3.8) is 0 Å². The van der Waals surface area contributed by atoms with Crippen LogP contribution in [0.1, 0.15) is 10.5 Å². The molecule has 0 fully saturated rings. The highest BCUT2D eigenvalue weighted by Gasteiger charge is 2.12. The molecule has 1 heterocycles. The van der Waals surface area contributed by atoms with Crippen LogP contribution in [0.15, 0.2) is 5.51 Å². The second-order valence-corrected chi connectivity index (χ2v) is 3.01. The fourth-order valence-corrected chi connectivity index (χ4v) is 1.36. The number of aromatic nitrogens is 1. The van der Waals surface area contributed by atoms with Crippen LogP contribution in [-0.2, 0) is 4.79 Å². The average molecular weight is 201 g/mol. The molecule has 0 aliphatic rings. The number of carbonyl (C=O) groups excluding carboxylic acids is 1. The number of thiazole rings is 1. The molecule has 0 saturated carbocycles. The van der Waals surface area contributed by atoms with E-state index >= 15 is 0 Å². The Morgan fingerprint density at radius 1 is 1.69 bits per heavy atom. The van der Waals surface area contributed by atoms with E-state index in [-0.39, 0.29) is 12.2 Å². The van der Waals surface area contributed by atoms with Gasteiger partial charge in [0.05, 0.1) is 12.1 Å². The van der Waals surface area contributed by atoms with Gasteiger partial charge in [-0.2, -0.15) is 0 Å². The maximum Gasteiger partial charge on any atom is 0.357 e. The first-order valence-corrected chi connectivity index (χ1v) is 4.18. The van der Waals surface area contributed by atoms with Gasteiger partial charge < -0.3 is 16.2 Å². The van der Waals surface area contributed by atoms with Crippen molar-refractivity contribution in [2.45, 2.75) is 0 Å². The lowest BCUT2D eigenvalue weighted by Gasteiger charge is -1.99. The van der Waals surface area contributed by atoms with Gasteiger partial charge in [0.25, 0.3) is 0 Å². The highest BCUT2D eigenvalue weighted by Crippen LogP contribution is 2.19. The number of hydrogen-bond acceptors (Lipinski definition) is 5. The summed E-state index contributed by atoms with van der Waals surface area (Å²) in [5.41, 5.74) is 6.16. The van der Waals surface area contributed by atoms with Crippen molar-refractivity contribution in [3.8, 4) is 0 Å². The Hall–Kier alpha value is -1.63. The zero-order valence-electron chi connectivity index (χ0n) is 6.48. The van der Waals surface area contributed by atoms with E-state index in [1.807, 2.05) is 0 Å². The molecule has 4 N–H and O–H groups in total. The molecule has 7 heteroatoms. The molecule has 0 bridgehead atoms. The summed E-state index contributed by atoms with van der Waals surface area (Å²) in [6.07, 6.45) is 0. The number of aromatic carboxylic acids is 1. The Labute approximate surface area is 77.4 Å². The molecule has 6 nitrogen and oxygen atoms in total. The van der Waals surface area contributed by atoms with Crippen molar-refractivity contribution in [1.29, 1.82) is 0 Å². The van der Waals surface area contributed by atoms with Crippen LogP contribution in [0.2, 0.25) is 0 Å². The number of primary amides is 1. The van der Waals surface area contributed by atoms with E-state index in [0.29, 0.717) is 5.00 Å². The number of amides is 1. The fourth-order valence-electron chi connectivity index (χ4n) is 0.691. The van der Waals surface area contributed by atoms with E-state index in [2.05, 4.69) is 10.3 Å². The van der Waals surface area contributed by atoms with E-state index in [9.17, 15) is 9.59 Å². The molecule has 1 rings (SSSR count). The highest BCUT2D eigenvalue weighted by molar-refractivity contribution is 7.14. The van der Waals surface area contributed by atoms with Crippen LogP contribution in [0.3, 0.4) is 0 Å². The average Bonchev–Trinajstić information content (AvgIpc) is 2.47. The van der Waals surface area contributed by atoms with Crippen LogP contribution in [0, 0.1) is 0 Å². The summed E-state index contributed by atoms with van der Waals surface area (Å²) in [4.78, 5) is 24.5. The Morgan fingerprint density at radius 3 is 2.92 bits per heavy atom. The monoisotopic (exact) mass is 201 g/mol. The van der Waals surface area contributed by atoms with E-state index in [0.717, 1.165) is 11.3 Å². The van der Waals surface area contributed by atoms with Crippen LogP contribution in [0.25, 0.3) is 0 Å². The molecule has 70 valence electrons. The number of anilines is 1. The lowest BCUT2D eigenvalue weighted by Crippen LogP contribution is -2.22. The van der Waals surface area contributed by atoms with Gasteiger partial charge in [-0.25, -0.2) is 9.78 Å². The molecule has 0 unspecified atom stereocenters. The highest BCUT2D eigenvalue weighted by atomic mass is 32.1. The molecule has 0 radical (unpaired) electrons. The summed E-state index contributed by atoms with van der Waals surface area (Å²) in [5, 5.41) is 11.5. The number of carboxylic acids is 1. The van der Waals surface area contributed by atoms with E-state index in [4.69, 9.17) is 10.8 Å². The molecule has 1 aromatic rings. The zero-order valence-corrected chi connectivity index (χ0v) is 7.30. The summed E-state index contributed by atoms with van der Waals surface area (Å²) in [6.45, 7) is -0.0948. The third kappa shape index (κ3) is 2.41. The molecule has 0 saturated heterocycles. The Balaban J connectivity index is 2.71. The molecule has 0 aliphatic carbocycles. The summed E-state index contributed by atoms with van der Waals surface area (Å²) in [7, 11) is 0. The number of nitrogens with two attached hydrogens (primary N) is 1. The maximum atomic E-state index is 10.5. The molecule has 0 spiro atoms. The number of hydrogen-bond donors (Lipinski definition) is 3. The van der Waals surface area contributed by atoms with Crippen molar-refractivity contribution >= 4 is 28.2 Å². The second kappa shape index (κ2) is 3.85. The summed E-state index contributed by atoms with van der Waals surface area (Å²) < 4.78 is 0. The smallest absolute Gasteiger partial charge is 0.357 e. The van der Waals surface area contributed by atoms with Crippen molar-refractivity contribution in [3.05, 3.63) is 11.2 Å². The number of nitrogens with one attached hydrogen (secondary N) is 1. The summed E-state index contributed by atoms with van der Waals surface area (Å²) >= 11 is 1.11. The minimum Gasteiger partial charge on any atom is -0.476 e. The third-order valence-electron chi connectivity index (χ3n) is 1.19. The molecule has 0 atom stereocenters. The van der Waals surface area contributed by atoms with Crippen LogP contribution in [0.5, 0.6) is 0 Å². The van der Waals surface area contributed by atoms with Gasteiger partial charge in [-0.1, -0.05) is 0 Å². The number of rotatable bonds is 4. The van der Waals surface area contributed by atoms with Crippen molar-refractivity contribution in [2.75, 3.05) is 11.9 Å². The van der Waals surface area contributed by atoms with Crippen molar-refractivity contribution < 1.29 is 14.7 Å². The molecule has 0 aliphatic heterocycles. The largest absolute Gasteiger partial charge is 0.476 e. The van der Waals surface area contributed by atoms with Gasteiger partial charge in [-0.3, -0.25) is 4.79 Å². The van der Waals surface area contributed by atoms with Gasteiger partial charge in [0.1, 0.15) is 5.00 Å². The van der Waals surface area contributed by atoms with Crippen LogP contribution in [0.4, 0.5) is 5.00 Å². The maximum absolute atomic E-state index is 10.5. The zero-order chi connectivity index (χ0) is 9.84. The van der Waals surface area contributed by atoms with Crippen LogP contribution < -0.4 is 11.1 Å². The molecule has 1 aromatic heterocycles. The first-order chi connectivity index (χ1) is 6.11. The lowest BCUT2D eigenvalue weighted by atomic mass is 10.4. The van der Waals surface area contributed by atoms with Gasteiger partial charge in [-0.15, -0.1) is 11.3 Å². The summed E-state index contributed by atoms with van der Waals surface area (Å²) in [6, 6.07) is 0. The first kappa shape index (κ1) is 9.46. The number of carbonyl (C=O) groups is 2. The van der Waals surface area contributed by atoms with Gasteiger partial charge >= 0.3 is 5.97 Å². The Morgan fingerprint density at radius 2 is 2.38 bits per heavy atom. The van der Waals surface area contributed by atoms with Gasteiger partial charge in [0.2, 0.25) is 5.91 Å². The van der Waals surface area contributed by atoms with E-state index in [1.54, 1.807) is 0 Å². The molecule has 0 aromatic carbocycles. The topological polar surface area (TPSA) is 105 Å². The first-order valence-electron chi connectivity index (χ1n) is 3.30. The SMILES string of the molecule is NC(=O)CNc1scnc1C(=O)O. The lowest BCUT2D eigenvalue weighted by molar-refractivity contribution is -0.116. The van der Waals surface area contributed by atoms with E-state index < -0.39 is 11.9 Å². The number of nitrogens with zero attached hydrogens (tertiary/aromatic N) is 1. The van der Waals surface area contributed by atoms with Crippen molar-refractivity contribution in [2.24, 2.45) is 5.73 Å². The minimum absolute atomic E-state index is 0.0914. The number of carboxylic acid groups (broad SMARTS) is 1. The predicted octanol–water partition coefficient (Wildman–Crippen LogP) is -0.262. The summed E-state index contributed by atoms with van der Waals surface area (Å²) in [5.74, 6) is -1.68. The quantitative estimate of drug-likeness (QED) is 0.622. The molecule has 1 amide bonds.